The molecule has 0 aromatic carbocycles. The summed E-state index contributed by atoms with van der Waals surface area (Å²) in [7, 11) is -9.91. The lowest BCUT2D eigenvalue weighted by atomic mass is 10.0. The third-order valence-electron chi connectivity index (χ3n) is 18.0. The number of hydrogen-bond donors (Lipinski definition) is 3. The number of carbonyl (C=O) groups excluding carboxylic acids is 4. The van der Waals surface area contributed by atoms with Gasteiger partial charge < -0.3 is 33.8 Å². The van der Waals surface area contributed by atoms with Gasteiger partial charge in [0.1, 0.15) is 19.3 Å². The van der Waals surface area contributed by atoms with Gasteiger partial charge in [0.25, 0.3) is 0 Å². The number of rotatable bonds is 76. The lowest BCUT2D eigenvalue weighted by Crippen LogP contribution is -2.30. The van der Waals surface area contributed by atoms with Gasteiger partial charge in [0.2, 0.25) is 0 Å². The summed E-state index contributed by atoms with van der Waals surface area (Å²) in [5.41, 5.74) is 0. The van der Waals surface area contributed by atoms with Crippen molar-refractivity contribution in [2.45, 2.75) is 419 Å². The first-order valence-corrected chi connectivity index (χ1v) is 43.0. The van der Waals surface area contributed by atoms with Crippen LogP contribution in [0.25, 0.3) is 0 Å². The highest BCUT2D eigenvalue weighted by Crippen LogP contribution is 2.45. The molecule has 19 heteroatoms. The Morgan fingerprint density at radius 1 is 0.281 bits per heavy atom. The van der Waals surface area contributed by atoms with Crippen LogP contribution < -0.4 is 0 Å². The van der Waals surface area contributed by atoms with E-state index in [2.05, 4.69) is 41.5 Å². The van der Waals surface area contributed by atoms with Crippen LogP contribution in [0.1, 0.15) is 401 Å². The summed E-state index contributed by atoms with van der Waals surface area (Å²) in [4.78, 5) is 72.8. The van der Waals surface area contributed by atoms with E-state index in [4.69, 9.17) is 37.0 Å². The normalized spacial score (nSPS) is 14.0. The maximum absolute atomic E-state index is 13.1. The minimum Gasteiger partial charge on any atom is -0.462 e. The summed E-state index contributed by atoms with van der Waals surface area (Å²) in [5, 5.41) is 10.6. The molecule has 0 fully saturated rings. The van der Waals surface area contributed by atoms with E-state index in [1.807, 2.05) is 0 Å². The van der Waals surface area contributed by atoms with Crippen molar-refractivity contribution in [1.29, 1.82) is 0 Å². The number of hydrogen-bond acceptors (Lipinski definition) is 15. The van der Waals surface area contributed by atoms with Crippen molar-refractivity contribution in [3.05, 3.63) is 0 Å². The summed E-state index contributed by atoms with van der Waals surface area (Å²) in [6, 6.07) is 0. The Kier molecular flexibility index (Phi) is 67.4. The van der Waals surface area contributed by atoms with Crippen LogP contribution in [0.2, 0.25) is 0 Å². The van der Waals surface area contributed by atoms with Gasteiger partial charge in [-0.1, -0.05) is 350 Å². The summed E-state index contributed by atoms with van der Waals surface area (Å²) >= 11 is 0. The molecule has 0 amide bonds. The van der Waals surface area contributed by atoms with Crippen LogP contribution in [0.3, 0.4) is 0 Å². The Balaban J connectivity index is 5.23. The zero-order valence-corrected chi connectivity index (χ0v) is 64.5. The van der Waals surface area contributed by atoms with E-state index in [1.165, 1.54) is 212 Å². The molecule has 0 heterocycles. The van der Waals surface area contributed by atoms with E-state index in [0.29, 0.717) is 31.6 Å². The third kappa shape index (κ3) is 70.5. The minimum absolute atomic E-state index is 0.107. The summed E-state index contributed by atoms with van der Waals surface area (Å²) in [6.07, 6.45) is 57.0. The number of carbonyl (C=O) groups is 4. The highest BCUT2D eigenvalue weighted by atomic mass is 31.2. The summed E-state index contributed by atoms with van der Waals surface area (Å²) in [6.45, 7) is 9.55. The molecule has 5 atom stereocenters. The second kappa shape index (κ2) is 68.8. The van der Waals surface area contributed by atoms with Crippen LogP contribution in [-0.2, 0) is 65.4 Å². The van der Waals surface area contributed by atoms with Gasteiger partial charge in [0, 0.05) is 25.7 Å². The molecule has 0 aliphatic rings. The Labute approximate surface area is 588 Å². The lowest BCUT2D eigenvalue weighted by molar-refractivity contribution is -0.161. The van der Waals surface area contributed by atoms with Gasteiger partial charge in [-0.2, -0.15) is 0 Å². The highest BCUT2D eigenvalue weighted by Gasteiger charge is 2.30. The molecular formula is C77H150O17P2. The first-order valence-electron chi connectivity index (χ1n) is 40.0. The van der Waals surface area contributed by atoms with Crippen molar-refractivity contribution >= 4 is 39.5 Å². The molecule has 0 aliphatic heterocycles. The van der Waals surface area contributed by atoms with Crippen molar-refractivity contribution in [2.75, 3.05) is 39.6 Å². The number of unbranched alkanes of at least 4 members (excludes halogenated alkanes) is 46. The second-order valence-electron chi connectivity index (χ2n) is 28.7. The number of aliphatic hydroxyl groups is 1. The molecule has 0 bridgehead atoms. The van der Waals surface area contributed by atoms with Crippen LogP contribution in [0, 0.1) is 11.8 Å². The van der Waals surface area contributed by atoms with Crippen molar-refractivity contribution in [3.63, 3.8) is 0 Å². The molecule has 0 aromatic rings. The highest BCUT2D eigenvalue weighted by molar-refractivity contribution is 7.47. The monoisotopic (exact) mass is 1410 g/mol. The molecule has 570 valence electrons. The molecule has 17 nitrogen and oxygen atoms in total. The maximum atomic E-state index is 13.1. The number of esters is 4. The van der Waals surface area contributed by atoms with E-state index in [-0.39, 0.29) is 25.7 Å². The molecule has 3 N–H and O–H groups in total. The first kappa shape index (κ1) is 94.1. The molecule has 0 saturated heterocycles. The van der Waals surface area contributed by atoms with Crippen LogP contribution in [0.15, 0.2) is 0 Å². The predicted molar refractivity (Wildman–Crippen MR) is 391 cm³/mol. The Morgan fingerprint density at radius 2 is 0.479 bits per heavy atom. The molecular weight excluding hydrogens is 1260 g/mol. The topological polar surface area (TPSA) is 237 Å². The minimum atomic E-state index is -4.96. The maximum Gasteiger partial charge on any atom is 0.472 e. The Hall–Kier alpha value is -1.94. The molecule has 0 spiro atoms. The zero-order valence-electron chi connectivity index (χ0n) is 62.7. The van der Waals surface area contributed by atoms with E-state index in [0.717, 1.165) is 102 Å². The standard InChI is InChI=1S/C77H150O17P2/c1-7-9-11-13-15-17-19-21-22-23-24-25-29-34-38-42-50-56-62-76(81)93-72(65-87-74(79)59-53-47-40-36-32-30-26-28-31-35-39-45-51-57-69(3)4)67-91-95(83,84)89-63-71(78)64-90-96(85,86)92-68-73(66-88-75(80)60-54-48-44-43-46-52-58-70(5)6)94-77(82)61-55-49-41-37-33-27-20-18-16-14-12-10-8-2/h69-73,78H,7-68H2,1-6H3,(H,83,84)(H,85,86)/t71-,72-,73-/m1/s1. The van der Waals surface area contributed by atoms with Crippen molar-refractivity contribution in [1.82, 2.24) is 0 Å². The first-order chi connectivity index (χ1) is 46.4. The van der Waals surface area contributed by atoms with Gasteiger partial charge in [-0.3, -0.25) is 37.3 Å². The van der Waals surface area contributed by atoms with Gasteiger partial charge in [0.15, 0.2) is 12.2 Å². The van der Waals surface area contributed by atoms with Crippen LogP contribution in [-0.4, -0.2) is 96.7 Å². The SMILES string of the molecule is CCCCCCCCCCCCCCCCCCCCC(=O)O[C@H](COC(=O)CCCCCCCCCCCCCCCC(C)C)COP(=O)(O)OC[C@@H](O)COP(=O)(O)OC[C@@H](COC(=O)CCCCCCCCC(C)C)OC(=O)CCCCCCCCCCCCCCC. The Morgan fingerprint density at radius 3 is 0.708 bits per heavy atom. The molecule has 0 aromatic heterocycles. The van der Waals surface area contributed by atoms with E-state index in [1.54, 1.807) is 0 Å². The van der Waals surface area contributed by atoms with Crippen molar-refractivity contribution in [2.24, 2.45) is 11.8 Å². The fourth-order valence-corrected chi connectivity index (χ4v) is 13.4. The summed E-state index contributed by atoms with van der Waals surface area (Å²) < 4.78 is 68.5. The van der Waals surface area contributed by atoms with Gasteiger partial charge in [-0.05, 0) is 37.5 Å². The molecule has 0 saturated carbocycles. The number of aliphatic hydroxyl groups excluding tert-OH is 1. The number of ether oxygens (including phenoxy) is 4. The molecule has 0 rings (SSSR count). The zero-order chi connectivity index (χ0) is 70.7. The molecule has 0 aliphatic carbocycles. The van der Waals surface area contributed by atoms with Gasteiger partial charge in [0.05, 0.1) is 26.4 Å². The van der Waals surface area contributed by atoms with E-state index < -0.39 is 97.5 Å². The third-order valence-corrected chi connectivity index (χ3v) is 19.9. The van der Waals surface area contributed by atoms with Crippen LogP contribution in [0.5, 0.6) is 0 Å². The molecule has 96 heavy (non-hydrogen) atoms. The molecule has 2 unspecified atom stereocenters. The van der Waals surface area contributed by atoms with Crippen molar-refractivity contribution in [3.8, 4) is 0 Å². The van der Waals surface area contributed by atoms with Crippen LogP contribution in [0.4, 0.5) is 0 Å². The van der Waals surface area contributed by atoms with Gasteiger partial charge >= 0.3 is 39.5 Å². The van der Waals surface area contributed by atoms with Gasteiger partial charge in [-0.15, -0.1) is 0 Å². The summed E-state index contributed by atoms with van der Waals surface area (Å²) in [5.74, 6) is -0.644. The smallest absolute Gasteiger partial charge is 0.462 e. The van der Waals surface area contributed by atoms with Crippen molar-refractivity contribution < 1.29 is 80.2 Å². The van der Waals surface area contributed by atoms with Gasteiger partial charge in [-0.25, -0.2) is 9.13 Å². The lowest BCUT2D eigenvalue weighted by Gasteiger charge is -2.21. The predicted octanol–water partition coefficient (Wildman–Crippen LogP) is 22.7. The fraction of sp³-hybridized carbons (Fsp3) is 0.948. The fourth-order valence-electron chi connectivity index (χ4n) is 11.8. The van der Waals surface area contributed by atoms with E-state index in [9.17, 15) is 43.2 Å². The van der Waals surface area contributed by atoms with Crippen LogP contribution >= 0.6 is 15.6 Å². The average Bonchev–Trinajstić information content (AvgIpc) is 2.19. The molecule has 0 radical (unpaired) electrons. The average molecular weight is 1410 g/mol. The number of phosphoric acid groups is 2. The largest absolute Gasteiger partial charge is 0.472 e. The quantitative estimate of drug-likeness (QED) is 0.0222. The number of phosphoric ester groups is 2. The second-order valence-corrected chi connectivity index (χ2v) is 31.6. The van der Waals surface area contributed by atoms with E-state index >= 15 is 0 Å². The Bertz CT molecular complexity index is 1860.